The van der Waals surface area contributed by atoms with Gasteiger partial charge in [-0.15, -0.1) is 5.10 Å². The largest absolute Gasteiger partial charge is 0.360 e. The van der Waals surface area contributed by atoms with Crippen LogP contribution in [0.2, 0.25) is 0 Å². The molecule has 1 atom stereocenters. The van der Waals surface area contributed by atoms with Crippen molar-refractivity contribution in [1.82, 2.24) is 25.2 Å². The number of thioether (sulfide) groups is 1. The van der Waals surface area contributed by atoms with Gasteiger partial charge in [-0.05, 0) is 54.5 Å². The molecule has 0 unspecified atom stereocenters. The fourth-order valence-corrected chi connectivity index (χ4v) is 3.93. The van der Waals surface area contributed by atoms with Crippen molar-refractivity contribution in [1.29, 1.82) is 0 Å². The Morgan fingerprint density at radius 2 is 2.00 bits per heavy atom. The quantitative estimate of drug-likeness (QED) is 0.418. The van der Waals surface area contributed by atoms with Crippen LogP contribution < -0.4 is 0 Å². The van der Waals surface area contributed by atoms with Crippen molar-refractivity contribution in [2.24, 2.45) is 0 Å². The number of carbonyl (C=O) groups is 1. The highest BCUT2D eigenvalue weighted by Gasteiger charge is 2.23. The number of benzene rings is 2. The van der Waals surface area contributed by atoms with Crippen LogP contribution in [0.15, 0.2) is 53.8 Å². The third-order valence-electron chi connectivity index (χ3n) is 4.54. The molecule has 6 nitrogen and oxygen atoms in total. The maximum Gasteiger partial charge on any atom is 0.214 e. The Balaban J connectivity index is 1.62. The number of aromatic amines is 1. The van der Waals surface area contributed by atoms with Gasteiger partial charge < -0.3 is 4.98 Å². The van der Waals surface area contributed by atoms with Gasteiger partial charge in [-0.25, -0.2) is 0 Å². The maximum absolute atomic E-state index is 13.0. The number of para-hydroxylation sites is 1. The first-order valence-corrected chi connectivity index (χ1v) is 9.55. The zero-order chi connectivity index (χ0) is 19.0. The highest BCUT2D eigenvalue weighted by molar-refractivity contribution is 8.00. The number of aryl methyl sites for hydroxylation is 2. The molecule has 0 aliphatic carbocycles. The number of Topliss-reactive ketones (excluding diaryl/α,β-unsaturated/α-hetero) is 1. The molecule has 4 aromatic rings. The van der Waals surface area contributed by atoms with E-state index in [-0.39, 0.29) is 11.0 Å². The second kappa shape index (κ2) is 7.00. The summed E-state index contributed by atoms with van der Waals surface area (Å²) in [5.41, 5.74) is 4.78. The van der Waals surface area contributed by atoms with Gasteiger partial charge in [0.15, 0.2) is 5.78 Å². The fraction of sp³-hybridized carbons (Fsp3) is 0.200. The van der Waals surface area contributed by atoms with E-state index in [0.29, 0.717) is 10.7 Å². The zero-order valence-electron chi connectivity index (χ0n) is 15.3. The number of carbonyl (C=O) groups excluding carboxylic acids is 1. The van der Waals surface area contributed by atoms with Crippen molar-refractivity contribution in [2.75, 3.05) is 0 Å². The van der Waals surface area contributed by atoms with E-state index in [9.17, 15) is 4.79 Å². The Morgan fingerprint density at radius 1 is 1.19 bits per heavy atom. The SMILES string of the molecule is Cc1ccc(C)c(-n2nnnc2S[C@H](C)C(=O)c2c[nH]c3ccccc23)c1. The summed E-state index contributed by atoms with van der Waals surface area (Å²) in [6, 6.07) is 13.9. The Hall–Kier alpha value is -2.93. The van der Waals surface area contributed by atoms with E-state index in [2.05, 4.69) is 26.6 Å². The van der Waals surface area contributed by atoms with Gasteiger partial charge in [0, 0.05) is 22.7 Å². The van der Waals surface area contributed by atoms with E-state index in [1.54, 1.807) is 10.9 Å². The molecule has 2 aromatic carbocycles. The molecule has 0 spiro atoms. The average molecular weight is 377 g/mol. The van der Waals surface area contributed by atoms with Crippen LogP contribution in [0.4, 0.5) is 0 Å². The molecule has 4 rings (SSSR count). The molecule has 7 heteroatoms. The van der Waals surface area contributed by atoms with Gasteiger partial charge in [0.2, 0.25) is 5.16 Å². The topological polar surface area (TPSA) is 76.5 Å². The molecule has 0 bridgehead atoms. The van der Waals surface area contributed by atoms with E-state index in [4.69, 9.17) is 0 Å². The zero-order valence-corrected chi connectivity index (χ0v) is 16.1. The number of fused-ring (bicyclic) bond motifs is 1. The summed E-state index contributed by atoms with van der Waals surface area (Å²) >= 11 is 1.36. The number of tetrazole rings is 1. The summed E-state index contributed by atoms with van der Waals surface area (Å²) in [5, 5.41) is 13.3. The maximum atomic E-state index is 13.0. The number of aromatic nitrogens is 5. The van der Waals surface area contributed by atoms with Gasteiger partial charge in [-0.1, -0.05) is 42.1 Å². The van der Waals surface area contributed by atoms with Crippen LogP contribution >= 0.6 is 11.8 Å². The molecule has 0 aliphatic heterocycles. The smallest absolute Gasteiger partial charge is 0.214 e. The van der Waals surface area contributed by atoms with Gasteiger partial charge in [0.25, 0.3) is 0 Å². The first kappa shape index (κ1) is 17.5. The monoisotopic (exact) mass is 377 g/mol. The highest BCUT2D eigenvalue weighted by atomic mass is 32.2. The number of nitrogens with one attached hydrogen (secondary N) is 1. The summed E-state index contributed by atoms with van der Waals surface area (Å²) in [6.07, 6.45) is 1.78. The molecule has 0 saturated carbocycles. The van der Waals surface area contributed by atoms with Crippen LogP contribution in [-0.2, 0) is 0 Å². The lowest BCUT2D eigenvalue weighted by molar-refractivity contribution is 0.0995. The van der Waals surface area contributed by atoms with Crippen LogP contribution in [0.5, 0.6) is 0 Å². The lowest BCUT2D eigenvalue weighted by atomic mass is 10.1. The van der Waals surface area contributed by atoms with E-state index >= 15 is 0 Å². The summed E-state index contributed by atoms with van der Waals surface area (Å²) in [5.74, 6) is 0.0490. The normalized spacial score (nSPS) is 12.4. The standard InChI is InChI=1S/C20H19N5OS/c1-12-8-9-13(2)18(10-12)25-20(22-23-24-25)27-14(3)19(26)16-11-21-17-7-5-4-6-15(16)17/h4-11,14,21H,1-3H3/t14-/m1/s1. The van der Waals surface area contributed by atoms with Crippen molar-refractivity contribution in [3.8, 4) is 5.69 Å². The molecule has 1 N–H and O–H groups in total. The Bertz CT molecular complexity index is 1130. The molecule has 0 fully saturated rings. The number of nitrogens with zero attached hydrogens (tertiary/aromatic N) is 4. The molecule has 2 aromatic heterocycles. The lowest BCUT2D eigenvalue weighted by Gasteiger charge is -2.11. The van der Waals surface area contributed by atoms with Gasteiger partial charge in [-0.3, -0.25) is 4.79 Å². The van der Waals surface area contributed by atoms with Crippen LogP contribution in [0.1, 0.15) is 28.4 Å². The second-order valence-electron chi connectivity index (χ2n) is 6.54. The summed E-state index contributed by atoms with van der Waals surface area (Å²) in [4.78, 5) is 16.2. The summed E-state index contributed by atoms with van der Waals surface area (Å²) in [7, 11) is 0. The van der Waals surface area contributed by atoms with E-state index in [1.165, 1.54) is 11.8 Å². The van der Waals surface area contributed by atoms with Crippen LogP contribution in [0, 0.1) is 13.8 Å². The second-order valence-corrected chi connectivity index (χ2v) is 7.84. The van der Waals surface area contributed by atoms with Gasteiger partial charge in [-0.2, -0.15) is 4.68 Å². The van der Waals surface area contributed by atoms with Crippen molar-refractivity contribution in [3.63, 3.8) is 0 Å². The molecular formula is C20H19N5OS. The molecule has 2 heterocycles. The first-order valence-electron chi connectivity index (χ1n) is 8.67. The minimum Gasteiger partial charge on any atom is -0.360 e. The predicted octanol–water partition coefficient (Wildman–Crippen LogP) is 4.12. The number of rotatable bonds is 5. The van der Waals surface area contributed by atoms with Crippen molar-refractivity contribution >= 4 is 28.4 Å². The van der Waals surface area contributed by atoms with Crippen molar-refractivity contribution < 1.29 is 4.79 Å². The van der Waals surface area contributed by atoms with Gasteiger partial charge >= 0.3 is 0 Å². The number of ketones is 1. The third-order valence-corrected chi connectivity index (χ3v) is 5.57. The number of hydrogen-bond donors (Lipinski definition) is 1. The van der Waals surface area contributed by atoms with Crippen molar-refractivity contribution in [2.45, 2.75) is 31.2 Å². The molecule has 0 saturated heterocycles. The minimum absolute atomic E-state index is 0.0490. The summed E-state index contributed by atoms with van der Waals surface area (Å²) < 4.78 is 1.70. The Kier molecular flexibility index (Phi) is 4.53. The van der Waals surface area contributed by atoms with E-state index in [0.717, 1.165) is 27.7 Å². The number of H-pyrrole nitrogens is 1. The van der Waals surface area contributed by atoms with Gasteiger partial charge in [0.1, 0.15) is 0 Å². The van der Waals surface area contributed by atoms with Crippen LogP contribution in [0.25, 0.3) is 16.6 Å². The number of hydrogen-bond acceptors (Lipinski definition) is 5. The van der Waals surface area contributed by atoms with Crippen LogP contribution in [0.3, 0.4) is 0 Å². The van der Waals surface area contributed by atoms with E-state index < -0.39 is 0 Å². The fourth-order valence-electron chi connectivity index (χ4n) is 3.06. The Labute approximate surface area is 161 Å². The van der Waals surface area contributed by atoms with E-state index in [1.807, 2.05) is 57.2 Å². The van der Waals surface area contributed by atoms with Crippen LogP contribution in [-0.4, -0.2) is 36.2 Å². The highest BCUT2D eigenvalue weighted by Crippen LogP contribution is 2.28. The Morgan fingerprint density at radius 3 is 2.85 bits per heavy atom. The van der Waals surface area contributed by atoms with Gasteiger partial charge in [0.05, 0.1) is 10.9 Å². The third kappa shape index (κ3) is 3.26. The molecule has 136 valence electrons. The minimum atomic E-state index is -0.320. The molecule has 0 amide bonds. The molecular weight excluding hydrogens is 358 g/mol. The average Bonchev–Trinajstić information content (AvgIpc) is 3.30. The lowest BCUT2D eigenvalue weighted by Crippen LogP contribution is -2.14. The predicted molar refractivity (Wildman–Crippen MR) is 107 cm³/mol. The molecule has 0 aliphatic rings. The van der Waals surface area contributed by atoms with Crippen molar-refractivity contribution in [3.05, 3.63) is 65.4 Å². The summed E-state index contributed by atoms with van der Waals surface area (Å²) in [6.45, 7) is 5.94. The molecule has 0 radical (unpaired) electrons. The first-order chi connectivity index (χ1) is 13.0. The molecule has 27 heavy (non-hydrogen) atoms.